The monoisotopic (exact) mass is 430 g/mol. The van der Waals surface area contributed by atoms with E-state index < -0.39 is 11.8 Å². The number of aliphatic hydroxyl groups is 1. The fourth-order valence-electron chi connectivity index (χ4n) is 3.79. The summed E-state index contributed by atoms with van der Waals surface area (Å²) in [4.78, 5) is 12.4. The minimum absolute atomic E-state index is 0.0539. The maximum Gasteiger partial charge on any atom is 0.341 e. The highest BCUT2D eigenvalue weighted by Gasteiger charge is 2.44. The number of fused-ring (bicyclic) bond motifs is 1. The smallest absolute Gasteiger partial charge is 0.341 e. The number of hydrogen-bond donors (Lipinski definition) is 3. The van der Waals surface area contributed by atoms with Gasteiger partial charge < -0.3 is 29.5 Å². The van der Waals surface area contributed by atoms with E-state index in [1.54, 1.807) is 12.1 Å². The van der Waals surface area contributed by atoms with Crippen molar-refractivity contribution in [2.75, 3.05) is 7.11 Å². The van der Waals surface area contributed by atoms with Gasteiger partial charge in [0.15, 0.2) is 23.0 Å². The highest BCUT2D eigenvalue weighted by Crippen LogP contribution is 2.46. The number of aryl methyl sites for hydroxylation is 1. The zero-order valence-corrected chi connectivity index (χ0v) is 18.2. The highest BCUT2D eigenvalue weighted by molar-refractivity contribution is 5.95. The fraction of sp³-hybridized carbons (Fsp3) is 0.458. The van der Waals surface area contributed by atoms with Gasteiger partial charge >= 0.3 is 5.97 Å². The van der Waals surface area contributed by atoms with E-state index >= 15 is 0 Å². The maximum absolute atomic E-state index is 12.4. The largest absolute Gasteiger partial charge is 0.508 e. The Morgan fingerprint density at radius 3 is 2.42 bits per heavy atom. The Kier molecular flexibility index (Phi) is 6.95. The first-order chi connectivity index (χ1) is 14.8. The quantitative estimate of drug-likeness (QED) is 0.354. The summed E-state index contributed by atoms with van der Waals surface area (Å²) in [6, 6.07) is 5.76. The van der Waals surface area contributed by atoms with Crippen molar-refractivity contribution in [2.45, 2.75) is 64.6 Å². The number of esters is 1. The topological polar surface area (TPSA) is 105 Å². The number of carbonyl (C=O) groups excluding carboxylic acids is 1. The van der Waals surface area contributed by atoms with Crippen molar-refractivity contribution < 1.29 is 34.3 Å². The maximum atomic E-state index is 12.4. The number of carbonyl (C=O) groups is 1. The zero-order valence-electron chi connectivity index (χ0n) is 18.2. The van der Waals surface area contributed by atoms with Crippen molar-refractivity contribution >= 4 is 5.97 Å². The molecular formula is C24H30O7. The molecule has 3 rings (SSSR count). The molecule has 0 bridgehead atoms. The number of methoxy groups -OCH3 is 1. The number of hydrogen-bond acceptors (Lipinski definition) is 7. The van der Waals surface area contributed by atoms with Crippen LogP contribution in [0.5, 0.6) is 28.7 Å². The first-order valence-electron chi connectivity index (χ1n) is 10.7. The summed E-state index contributed by atoms with van der Waals surface area (Å²) in [5, 5.41) is 31.2. The molecule has 1 atom stereocenters. The Balaban J connectivity index is 2.00. The van der Waals surface area contributed by atoms with Gasteiger partial charge in [-0.1, -0.05) is 33.1 Å². The summed E-state index contributed by atoms with van der Waals surface area (Å²) < 4.78 is 16.7. The molecule has 7 nitrogen and oxygen atoms in total. The average Bonchev–Trinajstić information content (AvgIpc) is 2.98. The normalized spacial score (nSPS) is 17.4. The second-order valence-electron chi connectivity index (χ2n) is 7.84. The third kappa shape index (κ3) is 4.71. The molecule has 0 radical (unpaired) electrons. The molecule has 1 unspecified atom stereocenters. The number of rotatable bonds is 10. The van der Waals surface area contributed by atoms with Gasteiger partial charge in [-0.3, -0.25) is 0 Å². The predicted octanol–water partition coefficient (Wildman–Crippen LogP) is 5.14. The SMILES string of the molecule is CCCCCc1cc(O)cc(O)c1Oc1cc2c(cc1OC)C(O)(CCCC)OC2=O. The zero-order chi connectivity index (χ0) is 22.6. The second-order valence-corrected chi connectivity index (χ2v) is 7.84. The molecule has 0 saturated carbocycles. The van der Waals surface area contributed by atoms with E-state index in [9.17, 15) is 20.1 Å². The van der Waals surface area contributed by atoms with Crippen molar-refractivity contribution in [3.8, 4) is 28.7 Å². The molecule has 0 amide bonds. The first kappa shape index (κ1) is 22.7. The van der Waals surface area contributed by atoms with Crippen LogP contribution < -0.4 is 9.47 Å². The lowest BCUT2D eigenvalue weighted by molar-refractivity contribution is -0.168. The van der Waals surface area contributed by atoms with Gasteiger partial charge in [0.1, 0.15) is 5.75 Å². The van der Waals surface area contributed by atoms with Crippen LogP contribution in [-0.4, -0.2) is 28.4 Å². The number of phenols is 2. The molecule has 0 aromatic heterocycles. The molecule has 1 heterocycles. The number of ether oxygens (including phenoxy) is 3. The number of benzene rings is 2. The molecule has 1 aliphatic heterocycles. The summed E-state index contributed by atoms with van der Waals surface area (Å²) in [5.41, 5.74) is 1.18. The molecule has 2 aromatic rings. The van der Waals surface area contributed by atoms with Crippen LogP contribution in [0, 0.1) is 0 Å². The van der Waals surface area contributed by atoms with Crippen LogP contribution in [0.1, 0.15) is 73.9 Å². The number of phenolic OH excluding ortho intramolecular Hbond substituents is 2. The van der Waals surface area contributed by atoms with E-state index in [1.807, 2.05) is 6.92 Å². The van der Waals surface area contributed by atoms with Crippen molar-refractivity contribution in [1.29, 1.82) is 0 Å². The lowest BCUT2D eigenvalue weighted by atomic mass is 9.97. The number of cyclic esters (lactones) is 1. The van der Waals surface area contributed by atoms with Crippen molar-refractivity contribution in [3.63, 3.8) is 0 Å². The van der Waals surface area contributed by atoms with Gasteiger partial charge in [-0.05, 0) is 37.5 Å². The molecule has 2 aromatic carbocycles. The van der Waals surface area contributed by atoms with Crippen LogP contribution in [0.2, 0.25) is 0 Å². The van der Waals surface area contributed by atoms with E-state index in [4.69, 9.17) is 14.2 Å². The van der Waals surface area contributed by atoms with Crippen molar-refractivity contribution in [1.82, 2.24) is 0 Å². The Bertz CT molecular complexity index is 953. The van der Waals surface area contributed by atoms with Crippen LogP contribution >= 0.6 is 0 Å². The highest BCUT2D eigenvalue weighted by atomic mass is 16.7. The Morgan fingerprint density at radius 2 is 1.74 bits per heavy atom. The molecule has 0 aliphatic carbocycles. The molecular weight excluding hydrogens is 400 g/mol. The minimum Gasteiger partial charge on any atom is -0.508 e. The summed E-state index contributed by atoms with van der Waals surface area (Å²) in [6.07, 6.45) is 5.32. The first-order valence-corrected chi connectivity index (χ1v) is 10.7. The molecule has 3 N–H and O–H groups in total. The standard InChI is InChI=1S/C24H30O7/c1-4-6-8-9-15-11-16(25)12-19(26)22(15)30-21-13-17-18(14-20(21)29-3)24(28,10-7-5-2)31-23(17)27/h11-14,25-26,28H,4-10H2,1-3H3. The van der Waals surface area contributed by atoms with Crippen LogP contribution in [0.25, 0.3) is 0 Å². The predicted molar refractivity (Wildman–Crippen MR) is 115 cm³/mol. The van der Waals surface area contributed by atoms with Crippen LogP contribution in [0.4, 0.5) is 0 Å². The van der Waals surface area contributed by atoms with E-state index in [1.165, 1.54) is 19.2 Å². The van der Waals surface area contributed by atoms with Gasteiger partial charge in [0.05, 0.1) is 12.7 Å². The van der Waals surface area contributed by atoms with Crippen LogP contribution in [-0.2, 0) is 16.9 Å². The average molecular weight is 430 g/mol. The van der Waals surface area contributed by atoms with Gasteiger partial charge in [0.2, 0.25) is 5.79 Å². The summed E-state index contributed by atoms with van der Waals surface area (Å²) in [6.45, 7) is 4.08. The molecule has 1 aliphatic rings. The van der Waals surface area contributed by atoms with Crippen LogP contribution in [0.3, 0.4) is 0 Å². The lowest BCUT2D eigenvalue weighted by Crippen LogP contribution is -2.25. The summed E-state index contributed by atoms with van der Waals surface area (Å²) in [5.74, 6) is -1.91. The molecule has 0 saturated heterocycles. The Labute approximate surface area is 182 Å². The van der Waals surface area contributed by atoms with Gasteiger partial charge in [0.25, 0.3) is 0 Å². The summed E-state index contributed by atoms with van der Waals surface area (Å²) in [7, 11) is 1.45. The van der Waals surface area contributed by atoms with Crippen molar-refractivity contribution in [2.24, 2.45) is 0 Å². The molecule has 7 heteroatoms. The van der Waals surface area contributed by atoms with Gasteiger partial charge in [0, 0.05) is 23.6 Å². The molecule has 0 fully saturated rings. The van der Waals surface area contributed by atoms with Gasteiger partial charge in [-0.2, -0.15) is 0 Å². The lowest BCUT2D eigenvalue weighted by Gasteiger charge is -2.22. The van der Waals surface area contributed by atoms with Gasteiger partial charge in [-0.25, -0.2) is 4.79 Å². The number of unbranched alkanes of at least 4 members (excludes halogenated alkanes) is 3. The Morgan fingerprint density at radius 1 is 1.00 bits per heavy atom. The molecule has 0 spiro atoms. The fourth-order valence-corrected chi connectivity index (χ4v) is 3.79. The minimum atomic E-state index is -1.69. The Hall–Kier alpha value is -2.93. The molecule has 168 valence electrons. The number of aromatic hydroxyl groups is 2. The van der Waals surface area contributed by atoms with Crippen molar-refractivity contribution in [3.05, 3.63) is 41.0 Å². The van der Waals surface area contributed by atoms with E-state index in [2.05, 4.69) is 6.92 Å². The van der Waals surface area contributed by atoms with Gasteiger partial charge in [-0.15, -0.1) is 0 Å². The molecule has 31 heavy (non-hydrogen) atoms. The van der Waals surface area contributed by atoms with E-state index in [-0.39, 0.29) is 35.0 Å². The summed E-state index contributed by atoms with van der Waals surface area (Å²) >= 11 is 0. The van der Waals surface area contributed by atoms with E-state index in [0.29, 0.717) is 29.7 Å². The van der Waals surface area contributed by atoms with E-state index in [0.717, 1.165) is 25.7 Å². The third-order valence-corrected chi connectivity index (χ3v) is 5.47. The van der Waals surface area contributed by atoms with Crippen LogP contribution in [0.15, 0.2) is 24.3 Å². The third-order valence-electron chi connectivity index (χ3n) is 5.47. The second kappa shape index (κ2) is 9.47.